The molecule has 236 valence electrons. The molecule has 42 heavy (non-hydrogen) atoms. The summed E-state index contributed by atoms with van der Waals surface area (Å²) in [7, 11) is 0. The van der Waals surface area contributed by atoms with E-state index in [2.05, 4.69) is 6.92 Å². The first-order valence-electron chi connectivity index (χ1n) is 16.6. The number of aliphatic hydroxyl groups excluding tert-OH is 1. The third-order valence-corrected chi connectivity index (χ3v) is 10.9. The minimum absolute atomic E-state index is 0.00894. The third-order valence-electron chi connectivity index (χ3n) is 10.9. The Kier molecular flexibility index (Phi) is 10.5. The number of hydrogen-bond donors (Lipinski definition) is 2. The second-order valence-corrected chi connectivity index (χ2v) is 14.1. The number of Topliss-reactive ketones (excluding diaryl/α,β-unsaturated/α-hetero) is 1. The first-order chi connectivity index (χ1) is 19.9. The van der Waals surface area contributed by atoms with E-state index in [-0.39, 0.29) is 37.1 Å². The van der Waals surface area contributed by atoms with Gasteiger partial charge in [-0.2, -0.15) is 0 Å². The second kappa shape index (κ2) is 13.3. The van der Waals surface area contributed by atoms with Crippen LogP contribution < -0.4 is 0 Å². The molecule has 2 fully saturated rings. The molecule has 4 unspecified atom stereocenters. The number of esters is 2. The smallest absolute Gasteiger partial charge is 0.306 e. The second-order valence-electron chi connectivity index (χ2n) is 14.1. The number of unbranched alkanes of at least 4 members (excludes halogenated alkanes) is 10. The van der Waals surface area contributed by atoms with Gasteiger partial charge >= 0.3 is 11.9 Å². The first-order valence-corrected chi connectivity index (χ1v) is 16.6. The van der Waals surface area contributed by atoms with Gasteiger partial charge in [-0.1, -0.05) is 97.1 Å². The van der Waals surface area contributed by atoms with E-state index in [1.807, 2.05) is 26.0 Å². The predicted molar refractivity (Wildman–Crippen MR) is 161 cm³/mol. The molecule has 0 aromatic rings. The Morgan fingerprint density at radius 3 is 2.12 bits per heavy atom. The minimum Gasteiger partial charge on any atom is -0.458 e. The molecule has 0 radical (unpaired) electrons. The summed E-state index contributed by atoms with van der Waals surface area (Å²) in [5.41, 5.74) is -1.69. The van der Waals surface area contributed by atoms with Crippen molar-refractivity contribution in [3.63, 3.8) is 0 Å². The van der Waals surface area contributed by atoms with Crippen LogP contribution in [0.5, 0.6) is 0 Å². The van der Waals surface area contributed by atoms with Gasteiger partial charge in [0.2, 0.25) is 0 Å². The third kappa shape index (κ3) is 6.15. The zero-order chi connectivity index (χ0) is 30.7. The standard InChI is InChI=1S/C35H54O7/c1-6-7-8-9-10-11-12-13-14-15-16-17-30(38)41-29-21-34(40)27-18-23(2)31(39)26(27)19-25(22-36)20-28(34)32-33(4,5)35(29,32)42-24(3)37/h18,20,26-29,32,36,40H,6-17,19,21-22H2,1-5H3/t26-,27?,28-,29+,32?,34?,35?/m0/s1. The van der Waals surface area contributed by atoms with Crippen molar-refractivity contribution in [3.05, 3.63) is 23.3 Å². The van der Waals surface area contributed by atoms with Gasteiger partial charge in [-0.05, 0) is 30.9 Å². The van der Waals surface area contributed by atoms with Crippen LogP contribution in [0.1, 0.15) is 125 Å². The fraction of sp³-hybridized carbons (Fsp3) is 0.800. The zero-order valence-corrected chi connectivity index (χ0v) is 26.6. The average molecular weight is 587 g/mol. The summed E-state index contributed by atoms with van der Waals surface area (Å²) in [6.45, 7) is 9.16. The lowest BCUT2D eigenvalue weighted by atomic mass is 9.65. The van der Waals surface area contributed by atoms with E-state index in [9.17, 15) is 24.6 Å². The SMILES string of the molecule is CCCCCCCCCCCCCC(=O)O[C@@H]1CC2(O)C3C=C(C)C(=O)[C@H]3CC(CO)=C[C@H]2C2C(C)(C)C21OC(C)=O. The molecule has 2 N–H and O–H groups in total. The maximum absolute atomic E-state index is 13.2. The topological polar surface area (TPSA) is 110 Å². The number of ether oxygens (including phenoxy) is 2. The van der Waals surface area contributed by atoms with Crippen molar-refractivity contribution in [1.29, 1.82) is 0 Å². The molecule has 2 saturated carbocycles. The molecule has 4 aliphatic rings. The van der Waals surface area contributed by atoms with Crippen LogP contribution in [0.3, 0.4) is 0 Å². The molecule has 0 amide bonds. The van der Waals surface area contributed by atoms with Crippen molar-refractivity contribution in [1.82, 2.24) is 0 Å². The van der Waals surface area contributed by atoms with Gasteiger partial charge in [0.1, 0.15) is 6.10 Å². The number of aliphatic hydroxyl groups is 2. The number of hydrogen-bond acceptors (Lipinski definition) is 7. The Balaban J connectivity index is 1.43. The van der Waals surface area contributed by atoms with E-state index >= 15 is 0 Å². The summed E-state index contributed by atoms with van der Waals surface area (Å²) in [4.78, 5) is 38.7. The highest BCUT2D eigenvalue weighted by Gasteiger charge is 2.85. The fourth-order valence-corrected chi connectivity index (χ4v) is 8.74. The van der Waals surface area contributed by atoms with E-state index < -0.39 is 46.4 Å². The van der Waals surface area contributed by atoms with Crippen LogP contribution in [0.25, 0.3) is 0 Å². The molecular formula is C35H54O7. The molecule has 7 heteroatoms. The van der Waals surface area contributed by atoms with Crippen molar-refractivity contribution in [3.8, 4) is 0 Å². The fourth-order valence-electron chi connectivity index (χ4n) is 8.74. The largest absolute Gasteiger partial charge is 0.458 e. The Morgan fingerprint density at radius 2 is 1.55 bits per heavy atom. The van der Waals surface area contributed by atoms with Crippen LogP contribution in [0.4, 0.5) is 0 Å². The van der Waals surface area contributed by atoms with Crippen LogP contribution in [0.15, 0.2) is 23.3 Å². The molecule has 4 rings (SSSR count). The summed E-state index contributed by atoms with van der Waals surface area (Å²) in [5, 5.41) is 22.6. The average Bonchev–Trinajstić information content (AvgIpc) is 3.32. The quantitative estimate of drug-likeness (QED) is 0.130. The van der Waals surface area contributed by atoms with Crippen molar-refractivity contribution in [2.75, 3.05) is 6.61 Å². The highest BCUT2D eigenvalue weighted by Crippen LogP contribution is 2.75. The number of carbonyl (C=O) groups excluding carboxylic acids is 3. The van der Waals surface area contributed by atoms with Gasteiger partial charge in [-0.25, -0.2) is 0 Å². The van der Waals surface area contributed by atoms with Gasteiger partial charge in [0.25, 0.3) is 0 Å². The van der Waals surface area contributed by atoms with Crippen LogP contribution >= 0.6 is 0 Å². The molecule has 0 bridgehead atoms. The summed E-state index contributed by atoms with van der Waals surface area (Å²) < 4.78 is 12.2. The maximum Gasteiger partial charge on any atom is 0.306 e. The van der Waals surface area contributed by atoms with E-state index in [1.54, 1.807) is 6.92 Å². The Hall–Kier alpha value is -1.99. The van der Waals surface area contributed by atoms with Crippen molar-refractivity contribution >= 4 is 17.7 Å². The lowest BCUT2D eigenvalue weighted by molar-refractivity contribution is -0.199. The normalized spacial score (nSPS) is 34.4. The molecular weight excluding hydrogens is 532 g/mol. The van der Waals surface area contributed by atoms with E-state index in [4.69, 9.17) is 9.47 Å². The molecule has 7 nitrogen and oxygen atoms in total. The summed E-state index contributed by atoms with van der Waals surface area (Å²) in [6.07, 6.45) is 16.8. The van der Waals surface area contributed by atoms with Crippen LogP contribution in [0.2, 0.25) is 0 Å². The van der Waals surface area contributed by atoms with Gasteiger partial charge in [0, 0.05) is 48.9 Å². The monoisotopic (exact) mass is 586 g/mol. The van der Waals surface area contributed by atoms with E-state index in [1.165, 1.54) is 58.3 Å². The number of fused-ring (bicyclic) bond motifs is 5. The van der Waals surface area contributed by atoms with Gasteiger partial charge in [0.15, 0.2) is 11.4 Å². The minimum atomic E-state index is -1.38. The molecule has 0 saturated heterocycles. The van der Waals surface area contributed by atoms with Gasteiger partial charge in [-0.3, -0.25) is 14.4 Å². The van der Waals surface area contributed by atoms with Gasteiger partial charge in [0.05, 0.1) is 12.2 Å². The number of ketones is 1. The molecule has 4 aliphatic carbocycles. The molecule has 0 spiro atoms. The molecule has 7 atom stereocenters. The zero-order valence-electron chi connectivity index (χ0n) is 26.6. The van der Waals surface area contributed by atoms with Crippen LogP contribution in [0, 0.1) is 29.1 Å². The Bertz CT molecular complexity index is 1070. The Labute approximate surface area is 252 Å². The lowest BCUT2D eigenvalue weighted by Gasteiger charge is -2.47. The summed E-state index contributed by atoms with van der Waals surface area (Å²) in [6, 6.07) is 0. The van der Waals surface area contributed by atoms with Crippen molar-refractivity contribution in [2.45, 2.75) is 142 Å². The highest BCUT2D eigenvalue weighted by atomic mass is 16.6. The maximum atomic E-state index is 13.2. The Morgan fingerprint density at radius 1 is 0.952 bits per heavy atom. The predicted octanol–water partition coefficient (Wildman–Crippen LogP) is 6.39. The lowest BCUT2D eigenvalue weighted by Crippen LogP contribution is -2.58. The van der Waals surface area contributed by atoms with Gasteiger partial charge in [-0.15, -0.1) is 0 Å². The van der Waals surface area contributed by atoms with Crippen LogP contribution in [-0.4, -0.2) is 51.8 Å². The summed E-state index contributed by atoms with van der Waals surface area (Å²) >= 11 is 0. The highest BCUT2D eigenvalue weighted by molar-refractivity contribution is 5.99. The van der Waals surface area contributed by atoms with Crippen molar-refractivity contribution in [2.24, 2.45) is 29.1 Å². The number of carbonyl (C=O) groups is 3. The molecule has 0 aliphatic heterocycles. The van der Waals surface area contributed by atoms with Gasteiger partial charge < -0.3 is 19.7 Å². The van der Waals surface area contributed by atoms with Crippen LogP contribution in [-0.2, 0) is 23.9 Å². The number of allylic oxidation sites excluding steroid dienone is 1. The number of rotatable bonds is 15. The summed E-state index contributed by atoms with van der Waals surface area (Å²) in [5.74, 6) is -2.50. The molecule has 0 aromatic heterocycles. The van der Waals surface area contributed by atoms with Crippen molar-refractivity contribution < 1.29 is 34.1 Å². The molecule has 0 heterocycles. The van der Waals surface area contributed by atoms with E-state index in [0.717, 1.165) is 19.3 Å². The van der Waals surface area contributed by atoms with E-state index in [0.29, 0.717) is 17.6 Å². The first kappa shape index (κ1) is 32.9. The molecule has 0 aromatic carbocycles.